The summed E-state index contributed by atoms with van der Waals surface area (Å²) in [6, 6.07) is 13.9. The predicted octanol–water partition coefficient (Wildman–Crippen LogP) is 3.59. The fourth-order valence-corrected chi connectivity index (χ4v) is 2.06. The Morgan fingerprint density at radius 1 is 1.20 bits per heavy atom. The van der Waals surface area contributed by atoms with E-state index in [0.717, 1.165) is 11.3 Å². The third kappa shape index (κ3) is 3.62. The van der Waals surface area contributed by atoms with Crippen LogP contribution in [-0.2, 0) is 0 Å². The maximum absolute atomic E-state index is 8.47. The molecule has 0 radical (unpaired) electrons. The largest absolute Gasteiger partial charge is 0.479 e. The third-order valence-electron chi connectivity index (χ3n) is 3.15. The van der Waals surface area contributed by atoms with Crippen LogP contribution in [0.4, 0.5) is 0 Å². The molecule has 0 aliphatic carbocycles. The number of hydrogen-bond acceptors (Lipinski definition) is 4. The maximum atomic E-state index is 8.47. The number of nitrogens with one attached hydrogen (secondary N) is 1. The lowest BCUT2D eigenvalue weighted by atomic mass is 10.1. The molecule has 0 amide bonds. The molecule has 0 bridgehead atoms. The summed E-state index contributed by atoms with van der Waals surface area (Å²) in [5.41, 5.74) is 1.16. The molecular formula is C16H18N2O2. The summed E-state index contributed by atoms with van der Waals surface area (Å²) in [6.45, 7) is 4.24. The molecule has 0 spiro atoms. The van der Waals surface area contributed by atoms with E-state index >= 15 is 0 Å². The molecule has 2 aromatic rings. The molecule has 2 rings (SSSR count). The lowest BCUT2D eigenvalue weighted by molar-refractivity contribution is 0.367. The second-order valence-corrected chi connectivity index (χ2v) is 4.64. The van der Waals surface area contributed by atoms with Crippen LogP contribution in [0.1, 0.15) is 37.3 Å². The second-order valence-electron chi connectivity index (χ2n) is 4.64. The summed E-state index contributed by atoms with van der Waals surface area (Å²) < 4.78 is 10.6. The van der Waals surface area contributed by atoms with Crippen LogP contribution in [0.5, 0.6) is 5.75 Å². The predicted molar refractivity (Wildman–Crippen MR) is 76.2 cm³/mol. The molecule has 0 fully saturated rings. The Morgan fingerprint density at radius 2 is 1.95 bits per heavy atom. The van der Waals surface area contributed by atoms with Crippen molar-refractivity contribution in [2.45, 2.75) is 25.9 Å². The van der Waals surface area contributed by atoms with Gasteiger partial charge in [-0.1, -0.05) is 12.1 Å². The monoisotopic (exact) mass is 270 g/mol. The molecule has 0 aliphatic heterocycles. The molecule has 2 atom stereocenters. The highest BCUT2D eigenvalue weighted by molar-refractivity contribution is 5.29. The molecule has 0 aliphatic rings. The smallest absolute Gasteiger partial charge is 0.174 e. The number of nitrogens with zero attached hydrogens (tertiary/aromatic N) is 1. The van der Waals surface area contributed by atoms with Crippen molar-refractivity contribution < 1.29 is 9.15 Å². The zero-order valence-corrected chi connectivity index (χ0v) is 11.7. The highest BCUT2D eigenvalue weighted by atomic mass is 16.5. The fourth-order valence-electron chi connectivity index (χ4n) is 2.06. The average molecular weight is 270 g/mol. The van der Waals surface area contributed by atoms with E-state index < -0.39 is 0 Å². The Kier molecular flexibility index (Phi) is 4.80. The van der Waals surface area contributed by atoms with Gasteiger partial charge in [-0.15, -0.1) is 0 Å². The number of nitriles is 1. The van der Waals surface area contributed by atoms with E-state index in [9.17, 15) is 0 Å². The lowest BCUT2D eigenvalue weighted by Crippen LogP contribution is -2.22. The molecule has 1 aromatic carbocycles. The normalized spacial score (nSPS) is 13.4. The Labute approximate surface area is 119 Å². The standard InChI is InChI=1S/C16H18N2O2/c1-12(18-13(2)16-4-3-10-20-16)14-5-7-15(8-6-14)19-11-9-17/h3-8,10,12-13,18H,11H2,1-2H3. The topological polar surface area (TPSA) is 58.2 Å². The first kappa shape index (κ1) is 14.2. The van der Waals surface area contributed by atoms with Gasteiger partial charge in [0.15, 0.2) is 6.61 Å². The highest BCUT2D eigenvalue weighted by Gasteiger charge is 2.12. The van der Waals surface area contributed by atoms with Crippen LogP contribution in [0.15, 0.2) is 47.1 Å². The van der Waals surface area contributed by atoms with Gasteiger partial charge >= 0.3 is 0 Å². The summed E-state index contributed by atoms with van der Waals surface area (Å²) in [5, 5.41) is 11.9. The van der Waals surface area contributed by atoms with Crippen molar-refractivity contribution in [1.29, 1.82) is 5.26 Å². The maximum Gasteiger partial charge on any atom is 0.174 e. The van der Waals surface area contributed by atoms with Crippen LogP contribution < -0.4 is 10.1 Å². The van der Waals surface area contributed by atoms with E-state index in [2.05, 4.69) is 19.2 Å². The molecule has 4 heteroatoms. The lowest BCUT2D eigenvalue weighted by Gasteiger charge is -2.19. The van der Waals surface area contributed by atoms with Crippen LogP contribution in [0.25, 0.3) is 0 Å². The molecule has 0 saturated heterocycles. The van der Waals surface area contributed by atoms with Gasteiger partial charge in [0.25, 0.3) is 0 Å². The van der Waals surface area contributed by atoms with Gasteiger partial charge in [-0.3, -0.25) is 0 Å². The van der Waals surface area contributed by atoms with Crippen molar-refractivity contribution in [2.75, 3.05) is 6.61 Å². The molecule has 2 unspecified atom stereocenters. The summed E-state index contributed by atoms with van der Waals surface area (Å²) in [4.78, 5) is 0. The van der Waals surface area contributed by atoms with Crippen molar-refractivity contribution in [3.63, 3.8) is 0 Å². The number of rotatable bonds is 6. The van der Waals surface area contributed by atoms with E-state index in [1.165, 1.54) is 0 Å². The van der Waals surface area contributed by atoms with Gasteiger partial charge in [0.2, 0.25) is 0 Å². The third-order valence-corrected chi connectivity index (χ3v) is 3.15. The van der Waals surface area contributed by atoms with Crippen LogP contribution in [0.3, 0.4) is 0 Å². The van der Waals surface area contributed by atoms with Crippen molar-refractivity contribution in [3.8, 4) is 11.8 Å². The first-order valence-corrected chi connectivity index (χ1v) is 6.60. The Hall–Kier alpha value is -2.25. The average Bonchev–Trinajstić information content (AvgIpc) is 3.00. The molecular weight excluding hydrogens is 252 g/mol. The van der Waals surface area contributed by atoms with Crippen molar-refractivity contribution in [2.24, 2.45) is 0 Å². The van der Waals surface area contributed by atoms with Crippen LogP contribution in [0.2, 0.25) is 0 Å². The van der Waals surface area contributed by atoms with Gasteiger partial charge in [0.05, 0.1) is 12.3 Å². The Morgan fingerprint density at radius 3 is 2.55 bits per heavy atom. The summed E-state index contributed by atoms with van der Waals surface area (Å²) in [7, 11) is 0. The van der Waals surface area contributed by atoms with E-state index in [0.29, 0.717) is 5.75 Å². The van der Waals surface area contributed by atoms with Crippen LogP contribution in [0, 0.1) is 11.3 Å². The zero-order chi connectivity index (χ0) is 14.4. The number of benzene rings is 1. The van der Waals surface area contributed by atoms with E-state index in [1.807, 2.05) is 42.5 Å². The number of ether oxygens (including phenoxy) is 1. The summed E-state index contributed by atoms with van der Waals surface area (Å²) >= 11 is 0. The van der Waals surface area contributed by atoms with Gasteiger partial charge in [-0.2, -0.15) is 5.26 Å². The van der Waals surface area contributed by atoms with E-state index in [-0.39, 0.29) is 18.7 Å². The van der Waals surface area contributed by atoms with Gasteiger partial charge in [-0.05, 0) is 43.7 Å². The minimum Gasteiger partial charge on any atom is -0.479 e. The Balaban J connectivity index is 1.95. The van der Waals surface area contributed by atoms with Crippen LogP contribution >= 0.6 is 0 Å². The molecule has 4 nitrogen and oxygen atoms in total. The van der Waals surface area contributed by atoms with Crippen molar-refractivity contribution in [1.82, 2.24) is 5.32 Å². The van der Waals surface area contributed by atoms with E-state index in [4.69, 9.17) is 14.4 Å². The molecule has 1 N–H and O–H groups in total. The fraction of sp³-hybridized carbons (Fsp3) is 0.312. The van der Waals surface area contributed by atoms with Gasteiger partial charge in [0.1, 0.15) is 17.6 Å². The van der Waals surface area contributed by atoms with Crippen molar-refractivity contribution in [3.05, 3.63) is 54.0 Å². The zero-order valence-electron chi connectivity index (χ0n) is 11.7. The number of furan rings is 1. The SMILES string of the molecule is CC(NC(C)c1ccco1)c1ccc(OCC#N)cc1. The van der Waals surface area contributed by atoms with Crippen LogP contribution in [-0.4, -0.2) is 6.61 Å². The van der Waals surface area contributed by atoms with Crippen molar-refractivity contribution >= 4 is 0 Å². The Bertz CT molecular complexity index is 555. The van der Waals surface area contributed by atoms with E-state index in [1.54, 1.807) is 6.26 Å². The van der Waals surface area contributed by atoms with Gasteiger partial charge in [0, 0.05) is 6.04 Å². The molecule has 20 heavy (non-hydrogen) atoms. The molecule has 1 aromatic heterocycles. The second kappa shape index (κ2) is 6.78. The first-order chi connectivity index (χ1) is 9.70. The minimum atomic E-state index is 0.0721. The van der Waals surface area contributed by atoms with Gasteiger partial charge < -0.3 is 14.5 Å². The summed E-state index contributed by atoms with van der Waals surface area (Å²) in [6.07, 6.45) is 1.68. The highest BCUT2D eigenvalue weighted by Crippen LogP contribution is 2.21. The van der Waals surface area contributed by atoms with Gasteiger partial charge in [-0.25, -0.2) is 0 Å². The molecule has 0 saturated carbocycles. The quantitative estimate of drug-likeness (QED) is 0.871. The number of hydrogen-bond donors (Lipinski definition) is 1. The minimum absolute atomic E-state index is 0.0721. The first-order valence-electron chi connectivity index (χ1n) is 6.60. The molecule has 104 valence electrons. The molecule has 1 heterocycles. The summed E-state index contributed by atoms with van der Waals surface area (Å²) in [5.74, 6) is 1.63.